The Kier molecular flexibility index (Phi) is 2.76. The molecule has 1 aliphatic rings. The normalized spacial score (nSPS) is 20.1. The molecule has 6 heteroatoms. The summed E-state index contributed by atoms with van der Waals surface area (Å²) in [5, 5.41) is 0.270. The first-order chi connectivity index (χ1) is 8.25. The molecule has 0 aliphatic carbocycles. The first kappa shape index (κ1) is 11.0. The van der Waals surface area contributed by atoms with Crippen molar-refractivity contribution in [1.82, 2.24) is 13.6 Å². The Balaban J connectivity index is 1.94. The van der Waals surface area contributed by atoms with Gasteiger partial charge in [-0.25, -0.2) is 0 Å². The van der Waals surface area contributed by atoms with Crippen LogP contribution in [0.1, 0.15) is 17.3 Å². The zero-order chi connectivity index (χ0) is 11.8. The second-order valence-corrected chi connectivity index (χ2v) is 5.89. The summed E-state index contributed by atoms with van der Waals surface area (Å²) in [6.07, 6.45) is 0. The third-order valence-corrected chi connectivity index (χ3v) is 4.60. The number of nitrogens with zero attached hydrogens (tertiary/aromatic N) is 3. The Labute approximate surface area is 107 Å². The molecule has 1 saturated heterocycles. The van der Waals surface area contributed by atoms with Crippen LogP contribution in [0.2, 0.25) is 0 Å². The van der Waals surface area contributed by atoms with E-state index >= 15 is 0 Å². The maximum Gasteiger partial charge on any atom is 0.254 e. The molecule has 0 bridgehead atoms. The molecule has 1 aromatic carbocycles. The molecule has 2 heterocycles. The molecule has 1 amide bonds. The van der Waals surface area contributed by atoms with Gasteiger partial charge in [-0.1, -0.05) is 0 Å². The molecule has 2 aromatic rings. The molecule has 0 radical (unpaired) electrons. The lowest BCUT2D eigenvalue weighted by molar-refractivity contribution is 0.0769. The molecule has 1 aliphatic heterocycles. The molecule has 0 saturated carbocycles. The topological polar surface area (TPSA) is 46.1 Å². The standard InChI is InChI=1S/C11H11N3OS2/c1-7-14(4-5-16-7)11(15)8-2-3-9-10(6-8)13-17-12-9/h2-3,6-7H,4-5H2,1H3. The van der Waals surface area contributed by atoms with Gasteiger partial charge in [-0.15, -0.1) is 11.8 Å². The predicted octanol–water partition coefficient (Wildman–Crippen LogP) is 2.23. The van der Waals surface area contributed by atoms with E-state index in [0.717, 1.165) is 23.3 Å². The second-order valence-electron chi connectivity index (χ2n) is 3.94. The van der Waals surface area contributed by atoms with E-state index in [1.165, 1.54) is 11.7 Å². The third-order valence-electron chi connectivity index (χ3n) is 2.89. The van der Waals surface area contributed by atoms with Gasteiger partial charge in [-0.2, -0.15) is 8.75 Å². The molecule has 0 N–H and O–H groups in total. The highest BCUT2D eigenvalue weighted by Crippen LogP contribution is 2.25. The molecule has 1 aromatic heterocycles. The predicted molar refractivity (Wildman–Crippen MR) is 70.4 cm³/mol. The van der Waals surface area contributed by atoms with E-state index in [1.54, 1.807) is 0 Å². The van der Waals surface area contributed by atoms with Gasteiger partial charge in [0, 0.05) is 17.9 Å². The molecular formula is C11H11N3OS2. The van der Waals surface area contributed by atoms with Crippen LogP contribution >= 0.6 is 23.5 Å². The average molecular weight is 265 g/mol. The Morgan fingerprint density at radius 3 is 3.00 bits per heavy atom. The Morgan fingerprint density at radius 1 is 1.41 bits per heavy atom. The molecule has 3 rings (SSSR count). The largest absolute Gasteiger partial charge is 0.326 e. The lowest BCUT2D eigenvalue weighted by Gasteiger charge is -2.20. The van der Waals surface area contributed by atoms with E-state index < -0.39 is 0 Å². The van der Waals surface area contributed by atoms with Crippen LogP contribution in [0.4, 0.5) is 0 Å². The lowest BCUT2D eigenvalue weighted by Crippen LogP contribution is -2.33. The molecule has 1 unspecified atom stereocenters. The zero-order valence-electron chi connectivity index (χ0n) is 9.29. The van der Waals surface area contributed by atoms with Gasteiger partial charge in [0.05, 0.1) is 17.1 Å². The molecule has 1 atom stereocenters. The summed E-state index contributed by atoms with van der Waals surface area (Å²) in [7, 11) is 0. The van der Waals surface area contributed by atoms with Crippen LogP contribution < -0.4 is 0 Å². The van der Waals surface area contributed by atoms with E-state index in [1.807, 2.05) is 34.9 Å². The molecule has 1 fully saturated rings. The number of fused-ring (bicyclic) bond motifs is 1. The first-order valence-corrected chi connectivity index (χ1v) is 7.18. The number of hydrogen-bond acceptors (Lipinski definition) is 5. The van der Waals surface area contributed by atoms with Gasteiger partial charge in [-0.05, 0) is 25.1 Å². The number of rotatable bonds is 1. The van der Waals surface area contributed by atoms with Gasteiger partial charge >= 0.3 is 0 Å². The van der Waals surface area contributed by atoms with Crippen LogP contribution in [0.3, 0.4) is 0 Å². The Bertz CT molecular complexity index is 569. The van der Waals surface area contributed by atoms with Crippen molar-refractivity contribution in [2.75, 3.05) is 12.3 Å². The summed E-state index contributed by atoms with van der Waals surface area (Å²) in [4.78, 5) is 14.2. The smallest absolute Gasteiger partial charge is 0.254 e. The number of carbonyl (C=O) groups is 1. The number of carbonyl (C=O) groups excluding carboxylic acids is 1. The first-order valence-electron chi connectivity index (χ1n) is 5.40. The summed E-state index contributed by atoms with van der Waals surface area (Å²) >= 11 is 2.99. The maximum absolute atomic E-state index is 12.3. The molecule has 17 heavy (non-hydrogen) atoms. The zero-order valence-corrected chi connectivity index (χ0v) is 10.9. The Morgan fingerprint density at radius 2 is 2.24 bits per heavy atom. The van der Waals surface area contributed by atoms with Crippen molar-refractivity contribution >= 4 is 40.4 Å². The molecule has 0 spiro atoms. The lowest BCUT2D eigenvalue weighted by atomic mass is 10.1. The van der Waals surface area contributed by atoms with Gasteiger partial charge in [-0.3, -0.25) is 4.79 Å². The number of thioether (sulfide) groups is 1. The summed E-state index contributed by atoms with van der Waals surface area (Å²) in [5.41, 5.74) is 2.37. The van der Waals surface area contributed by atoms with E-state index in [0.29, 0.717) is 5.56 Å². The van der Waals surface area contributed by atoms with Crippen molar-refractivity contribution in [3.8, 4) is 0 Å². The van der Waals surface area contributed by atoms with Crippen molar-refractivity contribution in [3.63, 3.8) is 0 Å². The number of aromatic nitrogens is 2. The van der Waals surface area contributed by atoms with E-state index in [4.69, 9.17) is 0 Å². The van der Waals surface area contributed by atoms with Crippen LogP contribution in [0.25, 0.3) is 11.0 Å². The fourth-order valence-electron chi connectivity index (χ4n) is 1.94. The van der Waals surface area contributed by atoms with Crippen molar-refractivity contribution in [3.05, 3.63) is 23.8 Å². The van der Waals surface area contributed by atoms with Gasteiger partial charge in [0.2, 0.25) is 0 Å². The summed E-state index contributed by atoms with van der Waals surface area (Å²) in [5.74, 6) is 1.12. The van der Waals surface area contributed by atoms with Crippen molar-refractivity contribution in [2.24, 2.45) is 0 Å². The highest BCUT2D eigenvalue weighted by molar-refractivity contribution is 8.00. The van der Waals surface area contributed by atoms with Crippen LogP contribution in [0.5, 0.6) is 0 Å². The minimum atomic E-state index is 0.0948. The monoisotopic (exact) mass is 265 g/mol. The average Bonchev–Trinajstić information content (AvgIpc) is 2.95. The SMILES string of the molecule is CC1SCCN1C(=O)c1ccc2nsnc2c1. The number of amides is 1. The third kappa shape index (κ3) is 1.91. The quantitative estimate of drug-likeness (QED) is 0.793. The van der Waals surface area contributed by atoms with Crippen LogP contribution in [0, 0.1) is 0 Å². The van der Waals surface area contributed by atoms with Crippen molar-refractivity contribution in [1.29, 1.82) is 0 Å². The Hall–Kier alpha value is -1.14. The van der Waals surface area contributed by atoms with E-state index in [-0.39, 0.29) is 11.3 Å². The van der Waals surface area contributed by atoms with Crippen LogP contribution in [-0.2, 0) is 0 Å². The number of hydrogen-bond donors (Lipinski definition) is 0. The second kappa shape index (κ2) is 4.27. The van der Waals surface area contributed by atoms with Gasteiger partial charge in [0.1, 0.15) is 11.0 Å². The number of benzene rings is 1. The molecule has 4 nitrogen and oxygen atoms in total. The van der Waals surface area contributed by atoms with E-state index in [9.17, 15) is 4.79 Å². The van der Waals surface area contributed by atoms with Gasteiger partial charge in [0.15, 0.2) is 0 Å². The molecular weight excluding hydrogens is 254 g/mol. The van der Waals surface area contributed by atoms with E-state index in [2.05, 4.69) is 15.7 Å². The summed E-state index contributed by atoms with van der Waals surface area (Å²) < 4.78 is 8.30. The highest BCUT2D eigenvalue weighted by Gasteiger charge is 2.26. The van der Waals surface area contributed by atoms with Gasteiger partial charge in [0.25, 0.3) is 5.91 Å². The van der Waals surface area contributed by atoms with Gasteiger partial charge < -0.3 is 4.90 Å². The fourth-order valence-corrected chi connectivity index (χ4v) is 3.48. The minimum Gasteiger partial charge on any atom is -0.326 e. The van der Waals surface area contributed by atoms with Crippen molar-refractivity contribution < 1.29 is 4.79 Å². The minimum absolute atomic E-state index is 0.0948. The van der Waals surface area contributed by atoms with Crippen molar-refractivity contribution in [2.45, 2.75) is 12.3 Å². The fraction of sp³-hybridized carbons (Fsp3) is 0.364. The maximum atomic E-state index is 12.3. The van der Waals surface area contributed by atoms with Crippen LogP contribution in [0.15, 0.2) is 18.2 Å². The van der Waals surface area contributed by atoms with Crippen LogP contribution in [-0.4, -0.2) is 37.2 Å². The summed E-state index contributed by atoms with van der Waals surface area (Å²) in [6, 6.07) is 5.53. The highest BCUT2D eigenvalue weighted by atomic mass is 32.2. The summed E-state index contributed by atoms with van der Waals surface area (Å²) in [6.45, 7) is 2.90. The molecule has 88 valence electrons.